The van der Waals surface area contributed by atoms with Gasteiger partial charge in [0.2, 0.25) is 5.91 Å². The van der Waals surface area contributed by atoms with E-state index in [2.05, 4.69) is 74.7 Å². The lowest BCUT2D eigenvalue weighted by molar-refractivity contribution is -0.130. The average Bonchev–Trinajstić information content (AvgIpc) is 2.86. The molecule has 1 N–H and O–H groups in total. The van der Waals surface area contributed by atoms with Gasteiger partial charge in [-0.15, -0.1) is 0 Å². The molecule has 4 rings (SSSR count). The van der Waals surface area contributed by atoms with Gasteiger partial charge in [-0.25, -0.2) is 0 Å². The van der Waals surface area contributed by atoms with Gasteiger partial charge in [0.1, 0.15) is 0 Å². The molecule has 0 bridgehead atoms. The summed E-state index contributed by atoms with van der Waals surface area (Å²) in [6.07, 6.45) is 3.23. The summed E-state index contributed by atoms with van der Waals surface area (Å²) in [4.78, 5) is 23.6. The van der Waals surface area contributed by atoms with Crippen molar-refractivity contribution >= 4 is 23.1 Å². The molecule has 162 valence electrons. The summed E-state index contributed by atoms with van der Waals surface area (Å²) < 4.78 is 0. The van der Waals surface area contributed by atoms with Crippen LogP contribution in [0.1, 0.15) is 12.0 Å². The maximum atomic E-state index is 12.7. The maximum Gasteiger partial charge on any atom is 0.242 e. The van der Waals surface area contributed by atoms with Crippen molar-refractivity contribution in [3.63, 3.8) is 0 Å². The van der Waals surface area contributed by atoms with Gasteiger partial charge in [0, 0.05) is 52.0 Å². The van der Waals surface area contributed by atoms with Crippen LogP contribution in [-0.2, 0) is 4.79 Å². The summed E-state index contributed by atoms with van der Waals surface area (Å²) in [5, 5.41) is 3.28. The Bertz CT molecular complexity index is 917. The number of hydrogen-bond donors (Lipinski definition) is 1. The summed E-state index contributed by atoms with van der Waals surface area (Å²) in [6.45, 7) is 5.21. The first-order valence-corrected chi connectivity index (χ1v) is 11.0. The fourth-order valence-corrected chi connectivity index (χ4v) is 4.23. The summed E-state index contributed by atoms with van der Waals surface area (Å²) in [5.41, 5.74) is 3.88. The molecule has 0 radical (unpaired) electrons. The number of benzene rings is 2. The highest BCUT2D eigenvalue weighted by Crippen LogP contribution is 2.22. The molecule has 2 aromatic rings. The number of rotatable bonds is 4. The molecular weight excluding hydrogens is 386 g/mol. The minimum absolute atomic E-state index is 0.131. The second kappa shape index (κ2) is 10.2. The Labute approximate surface area is 184 Å². The van der Waals surface area contributed by atoms with E-state index in [1.54, 1.807) is 7.05 Å². The minimum Gasteiger partial charge on any atom is -0.368 e. The largest absolute Gasteiger partial charge is 0.368 e. The van der Waals surface area contributed by atoms with E-state index in [4.69, 9.17) is 0 Å². The molecule has 1 amide bonds. The van der Waals surface area contributed by atoms with Crippen LogP contribution in [-0.4, -0.2) is 74.5 Å². The van der Waals surface area contributed by atoms with Gasteiger partial charge < -0.3 is 20.0 Å². The number of carbonyl (C=O) groups excluding carboxylic acids is 1. The molecule has 2 aromatic carbocycles. The Balaban J connectivity index is 1.25. The minimum atomic E-state index is 0.131. The maximum absolute atomic E-state index is 12.7. The number of nitrogens with one attached hydrogen (secondary N) is 1. The molecule has 1 fully saturated rings. The van der Waals surface area contributed by atoms with Crippen LogP contribution in [0.15, 0.2) is 71.7 Å². The second-order valence-corrected chi connectivity index (χ2v) is 7.90. The van der Waals surface area contributed by atoms with Gasteiger partial charge in [0.25, 0.3) is 0 Å². The number of aliphatic imine (C=N–C) groups is 1. The molecule has 0 spiro atoms. The lowest BCUT2D eigenvalue weighted by atomic mass is 10.00. The van der Waals surface area contributed by atoms with Crippen molar-refractivity contribution in [2.45, 2.75) is 6.42 Å². The van der Waals surface area contributed by atoms with E-state index < -0.39 is 0 Å². The van der Waals surface area contributed by atoms with Crippen molar-refractivity contribution in [1.82, 2.24) is 15.1 Å². The highest BCUT2D eigenvalue weighted by molar-refractivity contribution is 5.87. The highest BCUT2D eigenvalue weighted by Gasteiger charge is 2.22. The highest BCUT2D eigenvalue weighted by atomic mass is 16.2. The molecule has 2 aliphatic rings. The van der Waals surface area contributed by atoms with Crippen molar-refractivity contribution in [2.75, 3.05) is 57.8 Å². The fourth-order valence-electron chi connectivity index (χ4n) is 4.23. The van der Waals surface area contributed by atoms with Crippen LogP contribution in [0.25, 0.3) is 5.57 Å². The van der Waals surface area contributed by atoms with E-state index >= 15 is 0 Å². The second-order valence-electron chi connectivity index (χ2n) is 7.90. The van der Waals surface area contributed by atoms with Crippen molar-refractivity contribution in [1.29, 1.82) is 0 Å². The van der Waals surface area contributed by atoms with E-state index in [0.717, 1.165) is 51.6 Å². The van der Waals surface area contributed by atoms with Crippen LogP contribution in [0.4, 0.5) is 5.69 Å². The molecule has 0 unspecified atom stereocenters. The summed E-state index contributed by atoms with van der Waals surface area (Å²) in [6, 6.07) is 20.9. The molecule has 2 aliphatic heterocycles. The van der Waals surface area contributed by atoms with Gasteiger partial charge in [0.15, 0.2) is 5.96 Å². The van der Waals surface area contributed by atoms with E-state index in [0.29, 0.717) is 0 Å². The van der Waals surface area contributed by atoms with Crippen LogP contribution in [0.3, 0.4) is 0 Å². The quantitative estimate of drug-likeness (QED) is 0.614. The molecule has 0 atom stereocenters. The third-order valence-electron chi connectivity index (χ3n) is 6.02. The molecular formula is C25H31N5O. The van der Waals surface area contributed by atoms with Crippen molar-refractivity contribution in [3.8, 4) is 0 Å². The Morgan fingerprint density at radius 1 is 0.903 bits per heavy atom. The summed E-state index contributed by atoms with van der Waals surface area (Å²) in [5.74, 6) is 0.922. The van der Waals surface area contributed by atoms with Gasteiger partial charge >= 0.3 is 0 Å². The molecule has 6 heteroatoms. The first-order valence-electron chi connectivity index (χ1n) is 11.0. The first-order chi connectivity index (χ1) is 15.2. The lowest BCUT2D eigenvalue weighted by Gasteiger charge is -2.36. The Morgan fingerprint density at radius 2 is 1.58 bits per heavy atom. The number of nitrogens with zero attached hydrogens (tertiary/aromatic N) is 4. The van der Waals surface area contributed by atoms with Crippen molar-refractivity contribution < 1.29 is 4.79 Å². The zero-order valence-electron chi connectivity index (χ0n) is 18.2. The number of guanidine groups is 1. The zero-order valence-corrected chi connectivity index (χ0v) is 18.2. The molecule has 0 aliphatic carbocycles. The van der Waals surface area contributed by atoms with E-state index in [-0.39, 0.29) is 12.5 Å². The van der Waals surface area contributed by atoms with Gasteiger partial charge in [-0.3, -0.25) is 9.79 Å². The van der Waals surface area contributed by atoms with Crippen molar-refractivity contribution in [3.05, 3.63) is 72.3 Å². The van der Waals surface area contributed by atoms with Crippen LogP contribution < -0.4 is 10.2 Å². The molecule has 0 saturated carbocycles. The Morgan fingerprint density at radius 3 is 2.19 bits per heavy atom. The Kier molecular flexibility index (Phi) is 6.87. The predicted octanol–water partition coefficient (Wildman–Crippen LogP) is 2.70. The zero-order chi connectivity index (χ0) is 21.5. The Hall–Kier alpha value is -3.28. The van der Waals surface area contributed by atoms with E-state index in [9.17, 15) is 4.79 Å². The molecule has 1 saturated heterocycles. The van der Waals surface area contributed by atoms with E-state index in [1.807, 2.05) is 17.0 Å². The number of amides is 1. The molecule has 31 heavy (non-hydrogen) atoms. The number of hydrogen-bond acceptors (Lipinski definition) is 3. The normalized spacial score (nSPS) is 17.4. The summed E-state index contributed by atoms with van der Waals surface area (Å²) >= 11 is 0. The van der Waals surface area contributed by atoms with Crippen molar-refractivity contribution in [2.24, 2.45) is 4.99 Å². The fraction of sp³-hybridized carbons (Fsp3) is 0.360. The topological polar surface area (TPSA) is 51.2 Å². The predicted molar refractivity (Wildman–Crippen MR) is 127 cm³/mol. The number of piperazine rings is 1. The third-order valence-corrected chi connectivity index (χ3v) is 6.02. The van der Waals surface area contributed by atoms with Crippen LogP contribution in [0.2, 0.25) is 0 Å². The standard InChI is InChI=1S/C25H31N5O/c1-26-25(30-14-12-22(13-15-30)21-8-4-2-5-9-21)27-20-24(31)29-18-16-28(17-19-29)23-10-6-3-7-11-23/h2-12H,13-20H2,1H3,(H,26,27). The summed E-state index contributed by atoms with van der Waals surface area (Å²) in [7, 11) is 1.78. The molecule has 2 heterocycles. The van der Waals surface area contributed by atoms with Gasteiger partial charge in [-0.1, -0.05) is 54.6 Å². The SMILES string of the molecule is CN=C(NCC(=O)N1CCN(c2ccccc2)CC1)N1CC=C(c2ccccc2)CC1. The van der Waals surface area contributed by atoms with Gasteiger partial charge in [-0.2, -0.15) is 0 Å². The number of para-hydroxylation sites is 1. The van der Waals surface area contributed by atoms with E-state index in [1.165, 1.54) is 16.8 Å². The average molecular weight is 418 g/mol. The molecule has 6 nitrogen and oxygen atoms in total. The number of carbonyl (C=O) groups is 1. The smallest absolute Gasteiger partial charge is 0.242 e. The lowest BCUT2D eigenvalue weighted by Crippen LogP contribution is -2.52. The number of anilines is 1. The van der Waals surface area contributed by atoms with Gasteiger partial charge in [-0.05, 0) is 29.7 Å². The van der Waals surface area contributed by atoms with Crippen LogP contribution in [0.5, 0.6) is 0 Å². The van der Waals surface area contributed by atoms with Crippen LogP contribution >= 0.6 is 0 Å². The molecule has 0 aromatic heterocycles. The van der Waals surface area contributed by atoms with Crippen LogP contribution in [0, 0.1) is 0 Å². The monoisotopic (exact) mass is 417 g/mol. The third kappa shape index (κ3) is 5.26. The first kappa shape index (κ1) is 21.0. The van der Waals surface area contributed by atoms with Gasteiger partial charge in [0.05, 0.1) is 6.54 Å².